The number of hydrogen-bond acceptors (Lipinski definition) is 9. The number of ether oxygens (including phenoxy) is 1. The Labute approximate surface area is 164 Å². The van der Waals surface area contributed by atoms with Crippen LogP contribution in [0.25, 0.3) is 11.3 Å². The average Bonchev–Trinajstić information content (AvgIpc) is 3.31. The molecular formula is C18H17N5O4S. The number of nitrogens with one attached hydrogen (secondary N) is 1. The Morgan fingerprint density at radius 1 is 1.25 bits per heavy atom. The van der Waals surface area contributed by atoms with Gasteiger partial charge in [-0.1, -0.05) is 23.5 Å². The number of aromatic nitrogens is 2. The Balaban J connectivity index is 1.57. The summed E-state index contributed by atoms with van der Waals surface area (Å²) in [7, 11) is 0. The molecule has 0 unspecified atom stereocenters. The summed E-state index contributed by atoms with van der Waals surface area (Å²) in [4.78, 5) is 23.5. The summed E-state index contributed by atoms with van der Waals surface area (Å²) in [6, 6.07) is 10.4. The second kappa shape index (κ2) is 8.91. The summed E-state index contributed by atoms with van der Waals surface area (Å²) >= 11 is 1.15. The van der Waals surface area contributed by atoms with E-state index in [1.54, 1.807) is 43.3 Å². The van der Waals surface area contributed by atoms with Crippen molar-refractivity contribution >= 4 is 34.6 Å². The SMILES string of the molecule is CCOC(=O)c1ccc(-c2ccc(/C=N\NC(=O)Cc3nnc(N)s3)o2)cc1. The molecule has 28 heavy (non-hydrogen) atoms. The van der Waals surface area contributed by atoms with Gasteiger partial charge in [-0.2, -0.15) is 5.10 Å². The Morgan fingerprint density at radius 2 is 2.04 bits per heavy atom. The highest BCUT2D eigenvalue weighted by molar-refractivity contribution is 7.15. The molecule has 0 saturated heterocycles. The summed E-state index contributed by atoms with van der Waals surface area (Å²) in [6.07, 6.45) is 1.44. The lowest BCUT2D eigenvalue weighted by molar-refractivity contribution is -0.120. The summed E-state index contributed by atoms with van der Waals surface area (Å²) in [5.41, 5.74) is 9.12. The van der Waals surface area contributed by atoms with Gasteiger partial charge in [-0.3, -0.25) is 4.79 Å². The van der Waals surface area contributed by atoms with Gasteiger partial charge in [0.2, 0.25) is 11.0 Å². The second-order valence-electron chi connectivity index (χ2n) is 5.50. The van der Waals surface area contributed by atoms with E-state index in [2.05, 4.69) is 20.7 Å². The fourth-order valence-corrected chi connectivity index (χ4v) is 2.85. The number of nitrogen functional groups attached to an aromatic ring is 1. The van der Waals surface area contributed by atoms with Gasteiger partial charge < -0.3 is 14.9 Å². The number of benzene rings is 1. The van der Waals surface area contributed by atoms with Crippen LogP contribution < -0.4 is 11.2 Å². The smallest absolute Gasteiger partial charge is 0.338 e. The molecule has 2 heterocycles. The summed E-state index contributed by atoms with van der Waals surface area (Å²) in [5, 5.41) is 12.1. The van der Waals surface area contributed by atoms with Crippen LogP contribution in [0.3, 0.4) is 0 Å². The van der Waals surface area contributed by atoms with Crippen molar-refractivity contribution in [3.8, 4) is 11.3 Å². The predicted molar refractivity (Wildman–Crippen MR) is 104 cm³/mol. The molecule has 3 rings (SSSR count). The van der Waals surface area contributed by atoms with E-state index in [0.717, 1.165) is 16.9 Å². The molecular weight excluding hydrogens is 382 g/mol. The van der Waals surface area contributed by atoms with Gasteiger partial charge in [-0.15, -0.1) is 10.2 Å². The van der Waals surface area contributed by atoms with Crippen molar-refractivity contribution in [1.82, 2.24) is 15.6 Å². The normalized spacial score (nSPS) is 10.9. The standard InChI is InChI=1S/C18H17N5O4S/c1-2-26-17(25)12-5-3-11(4-6-12)14-8-7-13(27-14)10-20-21-15(24)9-16-22-23-18(19)28-16/h3-8,10H,2,9H2,1H3,(H2,19,23)(H,21,24)/b20-10-. The lowest BCUT2D eigenvalue weighted by Crippen LogP contribution is -2.19. The highest BCUT2D eigenvalue weighted by Crippen LogP contribution is 2.22. The molecule has 2 aromatic heterocycles. The highest BCUT2D eigenvalue weighted by Gasteiger charge is 2.09. The van der Waals surface area contributed by atoms with Gasteiger partial charge in [-0.25, -0.2) is 10.2 Å². The average molecular weight is 399 g/mol. The molecule has 144 valence electrons. The van der Waals surface area contributed by atoms with Crippen LogP contribution in [0.1, 0.15) is 28.0 Å². The number of hydrazone groups is 1. The minimum Gasteiger partial charge on any atom is -0.462 e. The van der Waals surface area contributed by atoms with Crippen molar-refractivity contribution in [3.63, 3.8) is 0 Å². The number of carbonyl (C=O) groups is 2. The number of anilines is 1. The van der Waals surface area contributed by atoms with Gasteiger partial charge in [0.1, 0.15) is 16.5 Å². The molecule has 0 atom stereocenters. The number of rotatable bonds is 7. The number of amides is 1. The zero-order valence-corrected chi connectivity index (χ0v) is 15.7. The zero-order chi connectivity index (χ0) is 19.9. The van der Waals surface area contributed by atoms with Crippen LogP contribution in [0, 0.1) is 0 Å². The molecule has 3 aromatic rings. The van der Waals surface area contributed by atoms with Crippen molar-refractivity contribution in [2.75, 3.05) is 12.3 Å². The molecule has 1 amide bonds. The quantitative estimate of drug-likeness (QED) is 0.354. The van der Waals surface area contributed by atoms with Gasteiger partial charge in [0.25, 0.3) is 0 Å². The molecule has 0 radical (unpaired) electrons. The fourth-order valence-electron chi connectivity index (χ4n) is 2.25. The minimum atomic E-state index is -0.367. The van der Waals surface area contributed by atoms with Crippen LogP contribution in [0.15, 0.2) is 45.9 Å². The van der Waals surface area contributed by atoms with E-state index in [0.29, 0.717) is 33.8 Å². The number of esters is 1. The van der Waals surface area contributed by atoms with E-state index in [1.165, 1.54) is 6.21 Å². The van der Waals surface area contributed by atoms with E-state index in [1.807, 2.05) is 0 Å². The molecule has 0 spiro atoms. The van der Waals surface area contributed by atoms with Crippen molar-refractivity contribution < 1.29 is 18.7 Å². The lowest BCUT2D eigenvalue weighted by atomic mass is 10.1. The molecule has 10 heteroatoms. The van der Waals surface area contributed by atoms with Gasteiger partial charge >= 0.3 is 5.97 Å². The number of nitrogens with zero attached hydrogens (tertiary/aromatic N) is 3. The molecule has 0 fully saturated rings. The zero-order valence-electron chi connectivity index (χ0n) is 14.9. The van der Waals surface area contributed by atoms with E-state index in [4.69, 9.17) is 14.9 Å². The Morgan fingerprint density at radius 3 is 2.71 bits per heavy atom. The van der Waals surface area contributed by atoms with Crippen molar-refractivity contribution in [1.29, 1.82) is 0 Å². The number of hydrogen-bond donors (Lipinski definition) is 2. The van der Waals surface area contributed by atoms with Gasteiger partial charge in [0.05, 0.1) is 24.8 Å². The first-order valence-corrected chi connectivity index (χ1v) is 9.14. The largest absolute Gasteiger partial charge is 0.462 e. The first-order valence-electron chi connectivity index (χ1n) is 8.32. The summed E-state index contributed by atoms with van der Waals surface area (Å²) in [5.74, 6) is 0.361. The molecule has 9 nitrogen and oxygen atoms in total. The van der Waals surface area contributed by atoms with Crippen molar-refractivity contribution in [2.45, 2.75) is 13.3 Å². The highest BCUT2D eigenvalue weighted by atomic mass is 32.1. The third kappa shape index (κ3) is 5.01. The van der Waals surface area contributed by atoms with Crippen LogP contribution in [0.5, 0.6) is 0 Å². The van der Waals surface area contributed by atoms with Crippen LogP contribution in [-0.4, -0.2) is 34.9 Å². The number of nitrogens with two attached hydrogens (primary N) is 1. The topological polar surface area (TPSA) is 133 Å². The molecule has 0 aliphatic rings. The van der Waals surface area contributed by atoms with Crippen LogP contribution in [0.2, 0.25) is 0 Å². The van der Waals surface area contributed by atoms with E-state index in [-0.39, 0.29) is 18.3 Å². The van der Waals surface area contributed by atoms with Crippen molar-refractivity contribution in [2.24, 2.45) is 5.10 Å². The Bertz CT molecular complexity index is 994. The van der Waals surface area contributed by atoms with E-state index < -0.39 is 0 Å². The van der Waals surface area contributed by atoms with Gasteiger partial charge in [-0.05, 0) is 31.2 Å². The first-order chi connectivity index (χ1) is 13.5. The predicted octanol–water partition coefficient (Wildman–Crippen LogP) is 2.25. The van der Waals surface area contributed by atoms with Crippen LogP contribution >= 0.6 is 11.3 Å². The number of carbonyl (C=O) groups excluding carboxylic acids is 2. The molecule has 0 aliphatic heterocycles. The molecule has 0 aliphatic carbocycles. The first kappa shape index (κ1) is 19.2. The van der Waals surface area contributed by atoms with Crippen LogP contribution in [-0.2, 0) is 16.0 Å². The van der Waals surface area contributed by atoms with E-state index >= 15 is 0 Å². The molecule has 0 saturated carbocycles. The molecule has 3 N–H and O–H groups in total. The molecule has 0 bridgehead atoms. The van der Waals surface area contributed by atoms with E-state index in [9.17, 15) is 9.59 Å². The minimum absolute atomic E-state index is 0.0441. The maximum absolute atomic E-state index is 11.8. The maximum atomic E-state index is 11.8. The Kier molecular flexibility index (Phi) is 6.12. The third-order valence-corrected chi connectivity index (χ3v) is 4.24. The Hall–Kier alpha value is -3.53. The maximum Gasteiger partial charge on any atom is 0.338 e. The van der Waals surface area contributed by atoms with Crippen molar-refractivity contribution in [3.05, 3.63) is 52.7 Å². The monoisotopic (exact) mass is 399 g/mol. The van der Waals surface area contributed by atoms with Gasteiger partial charge in [0.15, 0.2) is 0 Å². The fraction of sp³-hybridized carbons (Fsp3) is 0.167. The second-order valence-corrected chi connectivity index (χ2v) is 6.60. The lowest BCUT2D eigenvalue weighted by Gasteiger charge is -2.02. The summed E-state index contributed by atoms with van der Waals surface area (Å²) in [6.45, 7) is 2.08. The van der Waals surface area contributed by atoms with Crippen LogP contribution in [0.4, 0.5) is 5.13 Å². The summed E-state index contributed by atoms with van der Waals surface area (Å²) < 4.78 is 10.6. The molecule has 1 aromatic carbocycles. The third-order valence-electron chi connectivity index (χ3n) is 3.48. The van der Waals surface area contributed by atoms with Gasteiger partial charge in [0, 0.05) is 5.56 Å². The number of furan rings is 1.